The van der Waals surface area contributed by atoms with Gasteiger partial charge in [-0.1, -0.05) is 117 Å². The van der Waals surface area contributed by atoms with Crippen molar-refractivity contribution in [3.05, 3.63) is 109 Å². The molecule has 0 bridgehead atoms. The number of halogens is 1. The van der Waals surface area contributed by atoms with E-state index in [2.05, 4.69) is 70.3 Å². The topological polar surface area (TPSA) is 376 Å². The van der Waals surface area contributed by atoms with Crippen LogP contribution < -0.4 is 30.7 Å². The maximum Gasteiger partial charge on any atom is 0.459 e. The Kier molecular flexibility index (Phi) is 25.5. The molecular weight excluding hydrogens is 1270 g/mol. The lowest BCUT2D eigenvalue weighted by Crippen LogP contribution is -2.51. The zero-order valence-electron chi connectivity index (χ0n) is 53.9. The molecule has 8 N–H and O–H groups in total. The van der Waals surface area contributed by atoms with Gasteiger partial charge in [0.1, 0.15) is 77.7 Å². The maximum atomic E-state index is 14.4. The van der Waals surface area contributed by atoms with Gasteiger partial charge in [-0.2, -0.15) is 30.9 Å². The van der Waals surface area contributed by atoms with Crippen LogP contribution in [0.3, 0.4) is 0 Å². The van der Waals surface area contributed by atoms with E-state index in [0.717, 1.165) is 25.7 Å². The fourth-order valence-electron chi connectivity index (χ4n) is 10.0. The van der Waals surface area contributed by atoms with Crippen LogP contribution in [0.4, 0.5) is 11.6 Å². The number of nitrogens with one attached hydrogen (secondary N) is 2. The maximum absolute atomic E-state index is 14.4. The van der Waals surface area contributed by atoms with E-state index in [-0.39, 0.29) is 77.9 Å². The molecule has 2 aliphatic heterocycles. The summed E-state index contributed by atoms with van der Waals surface area (Å²) >= 11 is 0. The van der Waals surface area contributed by atoms with Gasteiger partial charge >= 0.3 is 27.4 Å². The fourth-order valence-corrected chi connectivity index (χ4v) is 14.4. The molecule has 2 aliphatic rings. The van der Waals surface area contributed by atoms with Crippen LogP contribution >= 0.6 is 27.9 Å². The first-order valence-corrected chi connectivity index (χ1v) is 36.3. The molecule has 0 amide bonds. The fraction of sp³-hybridized carbons (Fsp3) is 0.541. The Bertz CT molecular complexity index is 3610. The van der Waals surface area contributed by atoms with E-state index in [1.807, 2.05) is 40.7 Å². The number of aliphatic hydroxyl groups excluding tert-OH is 2. The number of nitriles is 2. The van der Waals surface area contributed by atoms with Crippen molar-refractivity contribution in [2.45, 2.75) is 167 Å². The number of aromatic nitrogens is 6. The van der Waals surface area contributed by atoms with Gasteiger partial charge in [-0.05, 0) is 92.3 Å². The molecule has 6 heterocycles. The number of para-hydroxylation sites is 2. The van der Waals surface area contributed by atoms with Crippen molar-refractivity contribution in [3.8, 4) is 23.6 Å². The number of carbonyl (C=O) groups is 2. The number of nitrogen functional groups attached to an aromatic ring is 2. The van der Waals surface area contributed by atoms with Gasteiger partial charge in [-0.3, -0.25) is 18.6 Å². The summed E-state index contributed by atoms with van der Waals surface area (Å²) in [5, 5.41) is 56.6. The average Bonchev–Trinajstić information content (AvgIpc) is 1.58. The summed E-state index contributed by atoms with van der Waals surface area (Å²) in [5.74, 6) is -0.395. The average molecular weight is 1350 g/mol. The van der Waals surface area contributed by atoms with Gasteiger partial charge in [0.15, 0.2) is 20.0 Å². The number of hydrogen-bond acceptors (Lipinski definition) is 23. The van der Waals surface area contributed by atoms with Crippen LogP contribution in [0, 0.1) is 40.4 Å². The minimum absolute atomic E-state index is 0. The summed E-state index contributed by atoms with van der Waals surface area (Å²) in [6.45, 7) is 23.2. The van der Waals surface area contributed by atoms with E-state index in [4.69, 9.17) is 52.9 Å². The predicted octanol–water partition coefficient (Wildman–Crippen LogP) is 9.35. The van der Waals surface area contributed by atoms with Crippen molar-refractivity contribution < 1.29 is 70.4 Å². The van der Waals surface area contributed by atoms with Gasteiger partial charge in [0, 0.05) is 5.92 Å². The van der Waals surface area contributed by atoms with Crippen LogP contribution in [0.25, 0.3) is 11.0 Å². The molecular formula is C61H87ClN12O15P2Si. The van der Waals surface area contributed by atoms with Crippen molar-refractivity contribution in [1.29, 1.82) is 10.5 Å². The highest BCUT2D eigenvalue weighted by Crippen LogP contribution is 2.52. The van der Waals surface area contributed by atoms with Crippen LogP contribution in [-0.2, 0) is 62.3 Å². The number of fused-ring (bicyclic) bond motifs is 2. The number of aliphatic hydroxyl groups is 2. The molecule has 92 heavy (non-hydrogen) atoms. The number of hydrogen-bond donors (Lipinski definition) is 6. The monoisotopic (exact) mass is 1350 g/mol. The molecule has 12 atom stereocenters. The highest BCUT2D eigenvalue weighted by Gasteiger charge is 2.61. The molecule has 6 aromatic rings. The molecule has 8 rings (SSSR count). The number of carbonyl (C=O) groups excluding carboxylic acids is 2. The zero-order chi connectivity index (χ0) is 66.7. The Morgan fingerprint density at radius 2 is 1.10 bits per heavy atom. The van der Waals surface area contributed by atoms with Crippen LogP contribution in [0.2, 0.25) is 18.1 Å². The number of anilines is 2. The van der Waals surface area contributed by atoms with Gasteiger partial charge in [0.05, 0.1) is 50.0 Å². The number of benzene rings is 2. The van der Waals surface area contributed by atoms with Crippen LogP contribution in [0.15, 0.2) is 97.6 Å². The van der Waals surface area contributed by atoms with Gasteiger partial charge in [0.25, 0.3) is 0 Å². The summed E-state index contributed by atoms with van der Waals surface area (Å²) in [4.78, 5) is 33.6. The molecule has 2 fully saturated rings. The third-order valence-corrected chi connectivity index (χ3v) is 24.7. The van der Waals surface area contributed by atoms with Crippen molar-refractivity contribution in [1.82, 2.24) is 39.4 Å². The van der Waals surface area contributed by atoms with Crippen LogP contribution in [-0.4, -0.2) is 129 Å². The highest BCUT2D eigenvalue weighted by molar-refractivity contribution is 7.52. The van der Waals surface area contributed by atoms with Crippen molar-refractivity contribution in [2.75, 3.05) is 37.9 Å². The second kappa shape index (κ2) is 31.6. The lowest BCUT2D eigenvalue weighted by molar-refractivity contribution is -0.147. The quantitative estimate of drug-likeness (QED) is 0.0151. The van der Waals surface area contributed by atoms with Crippen molar-refractivity contribution in [3.63, 3.8) is 0 Å². The standard InChI is InChI=1S/C34H51N6O7PSi.C27H35N6O8P.ClH/c1-10-25(11-2)19-43-32(41)24(4)39-48(42,46-26-15-13-12-14-16-26)44-20-28-23(3)30(47-49(8,9)33(5,6)7)34(21-35,45-28)29-18-17-27-31(36)37-22-38-40(27)29;1-4-18(5-2)13-38-26(36)17(3)32-42(37,41-19-9-7-6-8-10-19)39-14-21-23(34)24(35)27(15-28,40-21)22-12-11-20-25(29)30-16-31-33(20)22;/h12-18,22-25,28,30H,10-11,19-20H2,1-9H3,(H,39,42)(H2,36,37,38);6-12,16-18,21,23-24,34-35H,4-5,13-14H2,1-3H3,(H,32,37)(H2,29,30,31);1H/t23-,24+,28-,30?,34+,48+;17-,21+,23+,24+,27-,42-;/m10./s1. The van der Waals surface area contributed by atoms with E-state index in [1.54, 1.807) is 90.3 Å². The Morgan fingerprint density at radius 3 is 1.50 bits per heavy atom. The molecule has 502 valence electrons. The van der Waals surface area contributed by atoms with Crippen LogP contribution in [0.5, 0.6) is 11.5 Å². The van der Waals surface area contributed by atoms with E-state index >= 15 is 0 Å². The predicted molar refractivity (Wildman–Crippen MR) is 346 cm³/mol. The van der Waals surface area contributed by atoms with Crippen molar-refractivity contribution >= 4 is 70.8 Å². The minimum atomic E-state index is -4.32. The molecule has 27 nitrogen and oxygen atoms in total. The summed E-state index contributed by atoms with van der Waals surface area (Å²) < 4.78 is 84.8. The Balaban J connectivity index is 0.000000292. The Morgan fingerprint density at radius 1 is 0.696 bits per heavy atom. The minimum Gasteiger partial charge on any atom is -0.464 e. The summed E-state index contributed by atoms with van der Waals surface area (Å²) in [6.07, 6.45) is -0.361. The largest absolute Gasteiger partial charge is 0.464 e. The molecule has 31 heteroatoms. The number of ether oxygens (including phenoxy) is 4. The molecule has 2 aromatic carbocycles. The van der Waals surface area contributed by atoms with E-state index in [0.29, 0.717) is 16.7 Å². The smallest absolute Gasteiger partial charge is 0.459 e. The van der Waals surface area contributed by atoms with E-state index in [1.165, 1.54) is 30.2 Å². The number of rotatable bonds is 28. The van der Waals surface area contributed by atoms with E-state index in [9.17, 15) is 39.5 Å². The van der Waals surface area contributed by atoms with Gasteiger partial charge in [-0.15, -0.1) is 12.4 Å². The Labute approximate surface area is 543 Å². The third kappa shape index (κ3) is 16.8. The number of esters is 2. The Hall–Kier alpha value is -6.59. The molecule has 0 spiro atoms. The molecule has 0 saturated carbocycles. The lowest BCUT2D eigenvalue weighted by atomic mass is 9.88. The SMILES string of the molecule is CCC(CC)COC(=O)[C@H](C)N[P@](=O)(OC[C@H]1O[C@@](C#N)(c2ccc3c(N)ncnn23)C(O[Si](C)(C)C(C)(C)C)[C@@H]1C)Oc1ccccc1.CCC(CC)COC(=O)[C@H](C)N[P@](=O)(OC[C@H]1O[C@@](C#N)(c2ccc3c(N)ncnn23)[C@H](O)[C@@H]1O)Oc1ccccc1.Cl. The summed E-state index contributed by atoms with van der Waals surface area (Å²) in [7, 11) is -11.0. The number of nitrogens with two attached hydrogens (primary N) is 2. The van der Waals surface area contributed by atoms with Gasteiger partial charge in [0.2, 0.25) is 11.2 Å². The molecule has 1 unspecified atom stereocenters. The molecule has 4 aromatic heterocycles. The second-order valence-electron chi connectivity index (χ2n) is 24.1. The van der Waals surface area contributed by atoms with E-state index < -0.39 is 102 Å². The molecule has 2 saturated heterocycles. The summed E-state index contributed by atoms with van der Waals surface area (Å²) in [5.41, 5.74) is 9.72. The highest BCUT2D eigenvalue weighted by atomic mass is 35.5. The second-order valence-corrected chi connectivity index (χ2v) is 32.3. The normalized spacial score (nSPS) is 23.5. The molecule has 0 radical (unpaired) electrons. The third-order valence-electron chi connectivity index (χ3n) is 16.9. The first-order valence-electron chi connectivity index (χ1n) is 30.3. The lowest BCUT2D eigenvalue weighted by Gasteiger charge is -2.42. The first kappa shape index (κ1) is 74.4. The van der Waals surface area contributed by atoms with Gasteiger partial charge in [-0.25, -0.2) is 28.1 Å². The van der Waals surface area contributed by atoms with Gasteiger partial charge < -0.3 is 54.1 Å². The van der Waals surface area contributed by atoms with Crippen molar-refractivity contribution in [2.24, 2.45) is 17.8 Å². The zero-order valence-corrected chi connectivity index (χ0v) is 57.5. The first-order chi connectivity index (χ1) is 43.1. The summed E-state index contributed by atoms with van der Waals surface area (Å²) in [6, 6.07) is 25.4. The number of nitrogens with zero attached hydrogens (tertiary/aromatic N) is 8. The molecule has 0 aliphatic carbocycles. The van der Waals surface area contributed by atoms with Crippen LogP contribution in [0.1, 0.15) is 106 Å².